The molecule has 3 aromatic rings. The van der Waals surface area contributed by atoms with Crippen molar-refractivity contribution in [2.45, 2.75) is 13.1 Å². The van der Waals surface area contributed by atoms with Gasteiger partial charge < -0.3 is 9.88 Å². The first-order chi connectivity index (χ1) is 10.2. The first-order valence-electron chi connectivity index (χ1n) is 6.78. The lowest BCUT2D eigenvalue weighted by Gasteiger charge is -2.07. The van der Waals surface area contributed by atoms with Gasteiger partial charge in [0, 0.05) is 28.1 Å². The summed E-state index contributed by atoms with van der Waals surface area (Å²) in [4.78, 5) is 12.1. The van der Waals surface area contributed by atoms with Gasteiger partial charge in [0.25, 0.3) is 0 Å². The summed E-state index contributed by atoms with van der Waals surface area (Å²) in [6, 6.07) is 17.9. The second-order valence-corrected chi connectivity index (χ2v) is 5.73. The summed E-state index contributed by atoms with van der Waals surface area (Å²) in [5, 5.41) is 4.06. The number of amides is 1. The molecule has 0 saturated carbocycles. The van der Waals surface area contributed by atoms with Crippen LogP contribution >= 0.6 is 15.9 Å². The highest BCUT2D eigenvalue weighted by atomic mass is 79.9. The zero-order chi connectivity index (χ0) is 14.7. The van der Waals surface area contributed by atoms with Crippen LogP contribution in [0.5, 0.6) is 0 Å². The molecule has 0 bridgehead atoms. The number of hydrogen-bond acceptors (Lipinski definition) is 1. The fraction of sp³-hybridized carbons (Fsp3) is 0.118. The number of nitrogens with one attached hydrogen (secondary N) is 1. The minimum absolute atomic E-state index is 0.0105. The molecular weight excluding hydrogens is 328 g/mol. The van der Waals surface area contributed by atoms with E-state index in [1.807, 2.05) is 65.4 Å². The Bertz CT molecular complexity index is 765. The van der Waals surface area contributed by atoms with Crippen molar-refractivity contribution in [3.8, 4) is 0 Å². The molecule has 4 heteroatoms. The van der Waals surface area contributed by atoms with Gasteiger partial charge in [-0.15, -0.1) is 0 Å². The van der Waals surface area contributed by atoms with Crippen LogP contribution in [0.4, 0.5) is 0 Å². The van der Waals surface area contributed by atoms with Crippen LogP contribution in [0.25, 0.3) is 10.9 Å². The van der Waals surface area contributed by atoms with E-state index in [0.29, 0.717) is 13.1 Å². The number of halogens is 1. The van der Waals surface area contributed by atoms with E-state index >= 15 is 0 Å². The lowest BCUT2D eigenvalue weighted by atomic mass is 10.2. The SMILES string of the molecule is O=C(Cn1ccc2c(Br)cccc21)NCc1ccccc1. The molecular formula is C17H15BrN2O. The van der Waals surface area contributed by atoms with Crippen molar-refractivity contribution in [3.63, 3.8) is 0 Å². The van der Waals surface area contributed by atoms with Crippen molar-refractivity contribution in [2.24, 2.45) is 0 Å². The molecule has 0 fully saturated rings. The average molecular weight is 343 g/mol. The summed E-state index contributed by atoms with van der Waals surface area (Å²) >= 11 is 3.52. The molecule has 0 aliphatic heterocycles. The number of aromatic nitrogens is 1. The third-order valence-corrected chi connectivity index (χ3v) is 4.10. The van der Waals surface area contributed by atoms with Crippen molar-refractivity contribution in [1.82, 2.24) is 9.88 Å². The predicted octanol–water partition coefficient (Wildman–Crippen LogP) is 3.72. The number of carbonyl (C=O) groups excluding carboxylic acids is 1. The number of hydrogen-bond donors (Lipinski definition) is 1. The lowest BCUT2D eigenvalue weighted by molar-refractivity contribution is -0.121. The van der Waals surface area contributed by atoms with Gasteiger partial charge in [0.2, 0.25) is 5.91 Å². The van der Waals surface area contributed by atoms with Gasteiger partial charge in [-0.1, -0.05) is 52.3 Å². The molecule has 0 atom stereocenters. The summed E-state index contributed by atoms with van der Waals surface area (Å²) in [5.41, 5.74) is 2.16. The lowest BCUT2D eigenvalue weighted by Crippen LogP contribution is -2.26. The third-order valence-electron chi connectivity index (χ3n) is 3.41. The van der Waals surface area contributed by atoms with Crippen LogP contribution < -0.4 is 5.32 Å². The van der Waals surface area contributed by atoms with Crippen molar-refractivity contribution in [1.29, 1.82) is 0 Å². The van der Waals surface area contributed by atoms with Crippen LogP contribution in [-0.2, 0) is 17.9 Å². The van der Waals surface area contributed by atoms with Crippen molar-refractivity contribution in [3.05, 3.63) is 70.8 Å². The highest BCUT2D eigenvalue weighted by Gasteiger charge is 2.07. The second kappa shape index (κ2) is 6.14. The van der Waals surface area contributed by atoms with E-state index in [-0.39, 0.29) is 5.91 Å². The largest absolute Gasteiger partial charge is 0.350 e. The number of nitrogens with zero attached hydrogens (tertiary/aromatic N) is 1. The summed E-state index contributed by atoms with van der Waals surface area (Å²) < 4.78 is 3.00. The second-order valence-electron chi connectivity index (χ2n) is 4.88. The van der Waals surface area contributed by atoms with Crippen LogP contribution in [-0.4, -0.2) is 10.5 Å². The van der Waals surface area contributed by atoms with Crippen molar-refractivity contribution in [2.75, 3.05) is 0 Å². The standard InChI is InChI=1S/C17H15BrN2O/c18-15-7-4-8-16-14(15)9-10-20(16)12-17(21)19-11-13-5-2-1-3-6-13/h1-10H,11-12H2,(H,19,21). The topological polar surface area (TPSA) is 34.0 Å². The Hall–Kier alpha value is -2.07. The molecule has 21 heavy (non-hydrogen) atoms. The Balaban J connectivity index is 1.68. The van der Waals surface area contributed by atoms with Gasteiger partial charge in [-0.2, -0.15) is 0 Å². The molecule has 0 unspecified atom stereocenters. The average Bonchev–Trinajstić information content (AvgIpc) is 2.91. The quantitative estimate of drug-likeness (QED) is 0.770. The normalized spacial score (nSPS) is 10.7. The smallest absolute Gasteiger partial charge is 0.240 e. The van der Waals surface area contributed by atoms with Crippen LogP contribution in [0, 0.1) is 0 Å². The number of fused-ring (bicyclic) bond motifs is 1. The van der Waals surface area contributed by atoms with E-state index in [1.165, 1.54) is 0 Å². The zero-order valence-corrected chi connectivity index (χ0v) is 13.0. The molecule has 1 N–H and O–H groups in total. The minimum Gasteiger partial charge on any atom is -0.350 e. The van der Waals surface area contributed by atoms with Crippen LogP contribution in [0.3, 0.4) is 0 Å². The molecule has 0 radical (unpaired) electrons. The van der Waals surface area contributed by atoms with E-state index in [0.717, 1.165) is 20.9 Å². The van der Waals surface area contributed by atoms with Gasteiger partial charge in [0.1, 0.15) is 6.54 Å². The Morgan fingerprint density at radius 2 is 1.86 bits per heavy atom. The molecule has 1 aromatic heterocycles. The molecule has 3 nitrogen and oxygen atoms in total. The predicted molar refractivity (Wildman–Crippen MR) is 87.9 cm³/mol. The summed E-state index contributed by atoms with van der Waals surface area (Å²) in [6.45, 7) is 0.884. The maximum atomic E-state index is 12.1. The number of carbonyl (C=O) groups is 1. The van der Waals surface area contributed by atoms with Crippen molar-refractivity contribution < 1.29 is 4.79 Å². The Morgan fingerprint density at radius 1 is 1.05 bits per heavy atom. The van der Waals surface area contributed by atoms with Crippen LogP contribution in [0.2, 0.25) is 0 Å². The van der Waals surface area contributed by atoms with E-state index in [2.05, 4.69) is 21.2 Å². The van der Waals surface area contributed by atoms with Crippen LogP contribution in [0.15, 0.2) is 65.3 Å². The Morgan fingerprint density at radius 3 is 2.67 bits per heavy atom. The molecule has 106 valence electrons. The Labute approximate surface area is 131 Å². The highest BCUT2D eigenvalue weighted by molar-refractivity contribution is 9.10. The molecule has 3 rings (SSSR count). The van der Waals surface area contributed by atoms with Gasteiger partial charge >= 0.3 is 0 Å². The van der Waals surface area contributed by atoms with E-state index in [4.69, 9.17) is 0 Å². The third kappa shape index (κ3) is 3.16. The van der Waals surface area contributed by atoms with Gasteiger partial charge in [0.15, 0.2) is 0 Å². The van der Waals surface area contributed by atoms with E-state index in [1.54, 1.807) is 0 Å². The maximum absolute atomic E-state index is 12.1. The van der Waals surface area contributed by atoms with Crippen LogP contribution in [0.1, 0.15) is 5.56 Å². The van der Waals surface area contributed by atoms with Gasteiger partial charge in [0.05, 0.1) is 0 Å². The Kier molecular flexibility index (Phi) is 4.06. The first kappa shape index (κ1) is 13.9. The highest BCUT2D eigenvalue weighted by Crippen LogP contribution is 2.24. The van der Waals surface area contributed by atoms with Crippen molar-refractivity contribution >= 4 is 32.7 Å². The summed E-state index contributed by atoms with van der Waals surface area (Å²) in [6.07, 6.45) is 1.94. The van der Waals surface area contributed by atoms with Gasteiger partial charge in [-0.3, -0.25) is 4.79 Å². The molecule has 0 aliphatic carbocycles. The molecule has 0 aliphatic rings. The fourth-order valence-corrected chi connectivity index (χ4v) is 2.82. The van der Waals surface area contributed by atoms with Gasteiger partial charge in [-0.25, -0.2) is 0 Å². The first-order valence-corrected chi connectivity index (χ1v) is 7.57. The van der Waals surface area contributed by atoms with E-state index < -0.39 is 0 Å². The zero-order valence-electron chi connectivity index (χ0n) is 11.4. The van der Waals surface area contributed by atoms with E-state index in [9.17, 15) is 4.79 Å². The molecule has 1 heterocycles. The molecule has 2 aromatic carbocycles. The minimum atomic E-state index is 0.0105. The summed E-state index contributed by atoms with van der Waals surface area (Å²) in [5.74, 6) is 0.0105. The van der Waals surface area contributed by atoms with Gasteiger partial charge in [-0.05, 0) is 23.8 Å². The summed E-state index contributed by atoms with van der Waals surface area (Å²) in [7, 11) is 0. The number of rotatable bonds is 4. The molecule has 0 spiro atoms. The monoisotopic (exact) mass is 342 g/mol. The molecule has 1 amide bonds. The maximum Gasteiger partial charge on any atom is 0.240 e. The number of benzene rings is 2. The fourth-order valence-electron chi connectivity index (χ4n) is 2.33. The molecule has 0 saturated heterocycles.